The number of ether oxygens (including phenoxy) is 1. The van der Waals surface area contributed by atoms with E-state index in [-0.39, 0.29) is 0 Å². The van der Waals surface area contributed by atoms with Crippen molar-refractivity contribution in [1.82, 2.24) is 25.5 Å². The second-order valence-corrected chi connectivity index (χ2v) is 5.57. The third-order valence-electron chi connectivity index (χ3n) is 3.88. The van der Waals surface area contributed by atoms with Crippen molar-refractivity contribution in [2.75, 3.05) is 13.1 Å². The van der Waals surface area contributed by atoms with Gasteiger partial charge in [0.15, 0.2) is 5.82 Å². The zero-order valence-electron chi connectivity index (χ0n) is 12.3. The van der Waals surface area contributed by atoms with Gasteiger partial charge in [0, 0.05) is 6.54 Å². The van der Waals surface area contributed by atoms with Gasteiger partial charge < -0.3 is 10.1 Å². The first kappa shape index (κ1) is 14.0. The molecule has 0 amide bonds. The minimum atomic E-state index is 0.404. The molecule has 2 heterocycles. The van der Waals surface area contributed by atoms with Gasteiger partial charge >= 0.3 is 0 Å². The monoisotopic (exact) mass is 287 g/mol. The second-order valence-electron chi connectivity index (χ2n) is 5.57. The number of aryl methyl sites for hydroxylation is 1. The van der Waals surface area contributed by atoms with Gasteiger partial charge in [-0.05, 0) is 61.3 Å². The number of piperidine rings is 1. The van der Waals surface area contributed by atoms with Crippen LogP contribution in [0.1, 0.15) is 24.2 Å². The molecule has 0 atom stereocenters. The normalized spacial score (nSPS) is 16.0. The summed E-state index contributed by atoms with van der Waals surface area (Å²) in [6.07, 6.45) is 2.36. The fourth-order valence-electron chi connectivity index (χ4n) is 2.56. The Hall–Kier alpha value is -1.95. The summed E-state index contributed by atoms with van der Waals surface area (Å²) in [6, 6.07) is 8.01. The summed E-state index contributed by atoms with van der Waals surface area (Å²) in [4.78, 5) is 0. The highest BCUT2D eigenvalue weighted by Crippen LogP contribution is 2.16. The second kappa shape index (κ2) is 6.67. The Balaban J connectivity index is 1.58. The lowest BCUT2D eigenvalue weighted by atomic mass is 9.98. The van der Waals surface area contributed by atoms with Gasteiger partial charge in [0.25, 0.3) is 0 Å². The molecule has 6 heteroatoms. The summed E-state index contributed by atoms with van der Waals surface area (Å²) in [5.41, 5.74) is 1.22. The van der Waals surface area contributed by atoms with Gasteiger partial charge in [0.05, 0.1) is 0 Å². The molecule has 0 aliphatic carbocycles. The maximum absolute atomic E-state index is 5.76. The fraction of sp³-hybridized carbons (Fsp3) is 0.533. The molecule has 1 aliphatic heterocycles. The maximum Gasteiger partial charge on any atom is 0.189 e. The molecule has 0 saturated carbocycles. The number of hydrogen-bond acceptors (Lipinski definition) is 5. The van der Waals surface area contributed by atoms with Crippen molar-refractivity contribution in [3.05, 3.63) is 35.7 Å². The molecule has 1 N–H and O–H groups in total. The Morgan fingerprint density at radius 1 is 1.24 bits per heavy atom. The number of hydrogen-bond donors (Lipinski definition) is 1. The first-order valence-corrected chi connectivity index (χ1v) is 7.46. The van der Waals surface area contributed by atoms with E-state index in [9.17, 15) is 0 Å². The average Bonchev–Trinajstić information content (AvgIpc) is 2.95. The van der Waals surface area contributed by atoms with Crippen LogP contribution < -0.4 is 10.1 Å². The molecule has 1 aliphatic rings. The maximum atomic E-state index is 5.76. The molecule has 2 aromatic rings. The molecule has 0 spiro atoms. The Morgan fingerprint density at radius 3 is 2.76 bits per heavy atom. The summed E-state index contributed by atoms with van der Waals surface area (Å²) in [5, 5.41) is 15.3. The van der Waals surface area contributed by atoms with Gasteiger partial charge in [0.1, 0.15) is 12.4 Å². The van der Waals surface area contributed by atoms with E-state index in [0.29, 0.717) is 12.5 Å². The smallest absolute Gasteiger partial charge is 0.189 e. The molecular weight excluding hydrogens is 266 g/mol. The lowest BCUT2D eigenvalue weighted by Gasteiger charge is -2.22. The summed E-state index contributed by atoms with van der Waals surface area (Å²) in [7, 11) is 0. The molecule has 3 rings (SSSR count). The molecule has 21 heavy (non-hydrogen) atoms. The van der Waals surface area contributed by atoms with Crippen molar-refractivity contribution in [2.45, 2.75) is 32.9 Å². The number of benzene rings is 1. The minimum Gasteiger partial charge on any atom is -0.486 e. The number of nitrogens with zero attached hydrogens (tertiary/aromatic N) is 4. The fourth-order valence-corrected chi connectivity index (χ4v) is 2.56. The topological polar surface area (TPSA) is 64.9 Å². The molecule has 0 bridgehead atoms. The van der Waals surface area contributed by atoms with E-state index in [1.54, 1.807) is 0 Å². The van der Waals surface area contributed by atoms with Crippen LogP contribution in [0.15, 0.2) is 24.3 Å². The SMILES string of the molecule is Cc1ccc(OCc2nnnn2CC2CCNCC2)cc1. The quantitative estimate of drug-likeness (QED) is 0.904. The predicted molar refractivity (Wildman–Crippen MR) is 78.9 cm³/mol. The van der Waals surface area contributed by atoms with Crippen LogP contribution in [0.2, 0.25) is 0 Å². The Bertz CT molecular complexity index is 560. The first-order chi connectivity index (χ1) is 10.3. The van der Waals surface area contributed by atoms with Gasteiger partial charge in [0.2, 0.25) is 0 Å². The number of rotatable bonds is 5. The Labute approximate surface area is 124 Å². The first-order valence-electron chi connectivity index (χ1n) is 7.46. The zero-order chi connectivity index (χ0) is 14.5. The zero-order valence-corrected chi connectivity index (χ0v) is 12.3. The summed E-state index contributed by atoms with van der Waals surface area (Å²) in [6.45, 7) is 5.51. The minimum absolute atomic E-state index is 0.404. The van der Waals surface area contributed by atoms with E-state index in [0.717, 1.165) is 31.2 Å². The third kappa shape index (κ3) is 3.78. The van der Waals surface area contributed by atoms with E-state index in [1.807, 2.05) is 28.9 Å². The molecule has 112 valence electrons. The highest BCUT2D eigenvalue weighted by molar-refractivity contribution is 5.26. The number of aromatic nitrogens is 4. The molecule has 1 aromatic carbocycles. The van der Waals surface area contributed by atoms with Crippen molar-refractivity contribution in [2.24, 2.45) is 5.92 Å². The van der Waals surface area contributed by atoms with Gasteiger partial charge in [-0.2, -0.15) is 0 Å². The van der Waals surface area contributed by atoms with Crippen molar-refractivity contribution in [3.63, 3.8) is 0 Å². The highest BCUT2D eigenvalue weighted by Gasteiger charge is 2.16. The molecular formula is C15H21N5O. The lowest BCUT2D eigenvalue weighted by molar-refractivity contribution is 0.268. The van der Waals surface area contributed by atoms with E-state index < -0.39 is 0 Å². The van der Waals surface area contributed by atoms with Crippen LogP contribution >= 0.6 is 0 Å². The largest absolute Gasteiger partial charge is 0.486 e. The summed E-state index contributed by atoms with van der Waals surface area (Å²) >= 11 is 0. The number of nitrogens with one attached hydrogen (secondary N) is 1. The van der Waals surface area contributed by atoms with E-state index in [2.05, 4.69) is 27.8 Å². The predicted octanol–water partition coefficient (Wildman–Crippen LogP) is 1.56. The molecule has 1 saturated heterocycles. The van der Waals surface area contributed by atoms with Gasteiger partial charge in [-0.1, -0.05) is 17.7 Å². The molecule has 1 fully saturated rings. The standard InChI is InChI=1S/C15H21N5O/c1-12-2-4-14(5-3-12)21-11-15-17-18-19-20(15)10-13-6-8-16-9-7-13/h2-5,13,16H,6-11H2,1H3. The average molecular weight is 287 g/mol. The molecule has 0 unspecified atom stereocenters. The van der Waals surface area contributed by atoms with E-state index in [4.69, 9.17) is 4.74 Å². The summed E-state index contributed by atoms with van der Waals surface area (Å²) < 4.78 is 7.64. The molecule has 6 nitrogen and oxygen atoms in total. The highest BCUT2D eigenvalue weighted by atomic mass is 16.5. The number of tetrazole rings is 1. The van der Waals surface area contributed by atoms with Crippen molar-refractivity contribution in [3.8, 4) is 5.75 Å². The van der Waals surface area contributed by atoms with Crippen molar-refractivity contribution >= 4 is 0 Å². The van der Waals surface area contributed by atoms with Gasteiger partial charge in [-0.15, -0.1) is 5.10 Å². The van der Waals surface area contributed by atoms with Crippen molar-refractivity contribution < 1.29 is 4.74 Å². The van der Waals surface area contributed by atoms with Crippen LogP contribution in [0.4, 0.5) is 0 Å². The molecule has 1 aromatic heterocycles. The Kier molecular flexibility index (Phi) is 4.45. The van der Waals surface area contributed by atoms with E-state index >= 15 is 0 Å². The van der Waals surface area contributed by atoms with Gasteiger partial charge in [-0.25, -0.2) is 4.68 Å². The van der Waals surface area contributed by atoms with Crippen LogP contribution in [0.3, 0.4) is 0 Å². The Morgan fingerprint density at radius 2 is 2.00 bits per heavy atom. The van der Waals surface area contributed by atoms with E-state index in [1.165, 1.54) is 18.4 Å². The van der Waals surface area contributed by atoms with Crippen LogP contribution in [-0.2, 0) is 13.2 Å². The van der Waals surface area contributed by atoms with Crippen LogP contribution in [0, 0.1) is 12.8 Å². The summed E-state index contributed by atoms with van der Waals surface area (Å²) in [5.74, 6) is 2.28. The van der Waals surface area contributed by atoms with Crippen LogP contribution in [0.5, 0.6) is 5.75 Å². The van der Waals surface area contributed by atoms with Crippen molar-refractivity contribution in [1.29, 1.82) is 0 Å². The van der Waals surface area contributed by atoms with Crippen LogP contribution in [-0.4, -0.2) is 33.3 Å². The van der Waals surface area contributed by atoms with Crippen LogP contribution in [0.25, 0.3) is 0 Å². The molecule has 0 radical (unpaired) electrons. The van der Waals surface area contributed by atoms with Gasteiger partial charge in [-0.3, -0.25) is 0 Å². The third-order valence-corrected chi connectivity index (χ3v) is 3.88. The lowest BCUT2D eigenvalue weighted by Crippen LogP contribution is -2.30.